The number of rotatable bonds is 7. The van der Waals surface area contributed by atoms with E-state index in [2.05, 4.69) is 34.4 Å². The molecular formula is C17H34IN5O. The highest BCUT2D eigenvalue weighted by Crippen LogP contribution is 2.13. The summed E-state index contributed by atoms with van der Waals surface area (Å²) in [6, 6.07) is 0.552. The fourth-order valence-corrected chi connectivity index (χ4v) is 3.41. The van der Waals surface area contributed by atoms with E-state index in [9.17, 15) is 4.79 Å². The van der Waals surface area contributed by atoms with E-state index in [1.807, 2.05) is 4.90 Å². The van der Waals surface area contributed by atoms with Gasteiger partial charge in [0.1, 0.15) is 6.54 Å². The lowest BCUT2D eigenvalue weighted by Gasteiger charge is -2.27. The first-order valence-electron chi connectivity index (χ1n) is 9.28. The molecule has 7 heteroatoms. The summed E-state index contributed by atoms with van der Waals surface area (Å²) in [7, 11) is 0. The van der Waals surface area contributed by atoms with Gasteiger partial charge in [0.05, 0.1) is 0 Å². The number of nitrogens with one attached hydrogen (secondary N) is 2. The number of hydrogen-bond donors (Lipinski definition) is 2. The van der Waals surface area contributed by atoms with Crippen LogP contribution in [0.1, 0.15) is 46.0 Å². The van der Waals surface area contributed by atoms with E-state index in [0.717, 1.165) is 51.4 Å². The molecule has 1 atom stereocenters. The summed E-state index contributed by atoms with van der Waals surface area (Å²) >= 11 is 0. The maximum absolute atomic E-state index is 12.1. The smallest absolute Gasteiger partial charge is 0.244 e. The molecule has 0 aromatic heterocycles. The molecule has 140 valence electrons. The Labute approximate surface area is 163 Å². The molecular weight excluding hydrogens is 417 g/mol. The number of hydrogen-bond acceptors (Lipinski definition) is 3. The quantitative estimate of drug-likeness (QED) is 0.351. The Morgan fingerprint density at radius 1 is 1.04 bits per heavy atom. The second-order valence-electron chi connectivity index (χ2n) is 6.47. The molecule has 2 aliphatic heterocycles. The van der Waals surface area contributed by atoms with Crippen LogP contribution in [-0.2, 0) is 4.79 Å². The SMILES string of the molecule is CCNC(=NCC(=O)N1CCCC1)NCC(CC)N1CCCC1.I. The van der Waals surface area contributed by atoms with Crippen molar-refractivity contribution in [3.05, 3.63) is 0 Å². The van der Waals surface area contributed by atoms with Crippen LogP contribution in [0.4, 0.5) is 0 Å². The third kappa shape index (κ3) is 6.74. The van der Waals surface area contributed by atoms with Crippen molar-refractivity contribution in [2.24, 2.45) is 4.99 Å². The normalized spacial score (nSPS) is 19.9. The highest BCUT2D eigenvalue weighted by molar-refractivity contribution is 14.0. The monoisotopic (exact) mass is 451 g/mol. The number of guanidine groups is 1. The lowest BCUT2D eigenvalue weighted by atomic mass is 10.2. The molecule has 2 rings (SSSR count). The highest BCUT2D eigenvalue weighted by Gasteiger charge is 2.21. The lowest BCUT2D eigenvalue weighted by molar-refractivity contribution is -0.128. The summed E-state index contributed by atoms with van der Waals surface area (Å²) in [5.41, 5.74) is 0. The third-order valence-corrected chi connectivity index (χ3v) is 4.81. The Morgan fingerprint density at radius 2 is 1.67 bits per heavy atom. The molecule has 2 fully saturated rings. The maximum atomic E-state index is 12.1. The molecule has 1 amide bonds. The van der Waals surface area contributed by atoms with Crippen molar-refractivity contribution in [3.63, 3.8) is 0 Å². The molecule has 0 aliphatic carbocycles. The largest absolute Gasteiger partial charge is 0.357 e. The van der Waals surface area contributed by atoms with Gasteiger partial charge >= 0.3 is 0 Å². The van der Waals surface area contributed by atoms with E-state index < -0.39 is 0 Å². The van der Waals surface area contributed by atoms with Crippen molar-refractivity contribution in [2.45, 2.75) is 52.0 Å². The van der Waals surface area contributed by atoms with Gasteiger partial charge in [0.2, 0.25) is 5.91 Å². The predicted octanol–water partition coefficient (Wildman–Crippen LogP) is 1.66. The van der Waals surface area contributed by atoms with Crippen LogP contribution in [0.3, 0.4) is 0 Å². The van der Waals surface area contributed by atoms with Gasteiger partial charge < -0.3 is 15.5 Å². The van der Waals surface area contributed by atoms with Gasteiger partial charge in [0.15, 0.2) is 5.96 Å². The summed E-state index contributed by atoms with van der Waals surface area (Å²) in [5.74, 6) is 0.906. The summed E-state index contributed by atoms with van der Waals surface area (Å²) < 4.78 is 0. The van der Waals surface area contributed by atoms with Crippen molar-refractivity contribution in [2.75, 3.05) is 45.8 Å². The Balaban J connectivity index is 0.00000288. The van der Waals surface area contributed by atoms with Crippen LogP contribution in [0.25, 0.3) is 0 Å². The first-order valence-corrected chi connectivity index (χ1v) is 9.28. The minimum atomic E-state index is 0. The number of nitrogens with zero attached hydrogens (tertiary/aromatic N) is 3. The Kier molecular flexibility index (Phi) is 10.6. The number of halogens is 1. The first kappa shape index (κ1) is 21.5. The van der Waals surface area contributed by atoms with Crippen LogP contribution in [0.15, 0.2) is 4.99 Å². The van der Waals surface area contributed by atoms with Gasteiger partial charge in [0.25, 0.3) is 0 Å². The molecule has 0 aromatic carbocycles. The zero-order valence-corrected chi connectivity index (χ0v) is 17.6. The minimum Gasteiger partial charge on any atom is -0.357 e. The van der Waals surface area contributed by atoms with Crippen molar-refractivity contribution >= 4 is 35.8 Å². The summed E-state index contributed by atoms with van der Waals surface area (Å²) in [5, 5.41) is 6.67. The molecule has 2 saturated heterocycles. The van der Waals surface area contributed by atoms with Gasteiger partial charge in [0, 0.05) is 32.2 Å². The van der Waals surface area contributed by atoms with E-state index in [1.165, 1.54) is 25.9 Å². The number of likely N-dealkylation sites (tertiary alicyclic amines) is 2. The van der Waals surface area contributed by atoms with Crippen molar-refractivity contribution < 1.29 is 4.79 Å². The zero-order chi connectivity index (χ0) is 16.5. The van der Waals surface area contributed by atoms with Crippen molar-refractivity contribution in [1.82, 2.24) is 20.4 Å². The first-order chi connectivity index (χ1) is 11.2. The Hall–Kier alpha value is -0.570. The van der Waals surface area contributed by atoms with Crippen LogP contribution in [0.5, 0.6) is 0 Å². The van der Waals surface area contributed by atoms with Gasteiger partial charge in [-0.2, -0.15) is 0 Å². The fraction of sp³-hybridized carbons (Fsp3) is 0.882. The third-order valence-electron chi connectivity index (χ3n) is 4.81. The molecule has 24 heavy (non-hydrogen) atoms. The average molecular weight is 451 g/mol. The summed E-state index contributed by atoms with van der Waals surface area (Å²) in [4.78, 5) is 21.1. The van der Waals surface area contributed by atoms with Crippen LogP contribution in [0, 0.1) is 0 Å². The van der Waals surface area contributed by atoms with Crippen LogP contribution >= 0.6 is 24.0 Å². The van der Waals surface area contributed by atoms with E-state index in [0.29, 0.717) is 6.04 Å². The van der Waals surface area contributed by atoms with E-state index >= 15 is 0 Å². The Morgan fingerprint density at radius 3 is 2.25 bits per heavy atom. The molecule has 2 heterocycles. The van der Waals surface area contributed by atoms with Crippen LogP contribution < -0.4 is 10.6 Å². The number of aliphatic imine (C=N–C) groups is 1. The van der Waals surface area contributed by atoms with Gasteiger partial charge in [-0.25, -0.2) is 4.99 Å². The van der Waals surface area contributed by atoms with E-state index in [1.54, 1.807) is 0 Å². The van der Waals surface area contributed by atoms with Crippen molar-refractivity contribution in [1.29, 1.82) is 0 Å². The molecule has 2 aliphatic rings. The fourth-order valence-electron chi connectivity index (χ4n) is 3.41. The second kappa shape index (κ2) is 11.9. The standard InChI is InChI=1S/C17H33N5O.HI/c1-3-15(21-9-5-6-10-21)13-19-17(18-4-2)20-14-16(23)22-11-7-8-12-22;/h15H,3-14H2,1-2H3,(H2,18,19,20);1H. The molecule has 0 bridgehead atoms. The van der Waals surface area contributed by atoms with Crippen LogP contribution in [-0.4, -0.2) is 73.5 Å². The minimum absolute atomic E-state index is 0. The summed E-state index contributed by atoms with van der Waals surface area (Å²) in [6.07, 6.45) is 6.02. The molecule has 0 spiro atoms. The predicted molar refractivity (Wildman–Crippen MR) is 110 cm³/mol. The molecule has 0 saturated carbocycles. The zero-order valence-electron chi connectivity index (χ0n) is 15.2. The van der Waals surface area contributed by atoms with Gasteiger partial charge in [-0.3, -0.25) is 9.69 Å². The van der Waals surface area contributed by atoms with Crippen molar-refractivity contribution in [3.8, 4) is 0 Å². The molecule has 0 radical (unpaired) electrons. The van der Waals surface area contributed by atoms with Gasteiger partial charge in [-0.15, -0.1) is 24.0 Å². The lowest BCUT2D eigenvalue weighted by Crippen LogP contribution is -2.46. The number of carbonyl (C=O) groups excluding carboxylic acids is 1. The Bertz CT molecular complexity index is 392. The number of amides is 1. The molecule has 2 N–H and O–H groups in total. The topological polar surface area (TPSA) is 60.0 Å². The average Bonchev–Trinajstić information content (AvgIpc) is 3.26. The van der Waals surface area contributed by atoms with E-state index in [-0.39, 0.29) is 36.4 Å². The van der Waals surface area contributed by atoms with Crippen LogP contribution in [0.2, 0.25) is 0 Å². The molecule has 1 unspecified atom stereocenters. The van der Waals surface area contributed by atoms with Gasteiger partial charge in [-0.1, -0.05) is 6.92 Å². The second-order valence-corrected chi connectivity index (χ2v) is 6.47. The van der Waals surface area contributed by atoms with Gasteiger partial charge in [-0.05, 0) is 52.1 Å². The van der Waals surface area contributed by atoms with E-state index in [4.69, 9.17) is 0 Å². The maximum Gasteiger partial charge on any atom is 0.244 e. The molecule has 6 nitrogen and oxygen atoms in total. The summed E-state index contributed by atoms with van der Waals surface area (Å²) in [6.45, 7) is 10.4. The number of carbonyl (C=O) groups is 1. The highest BCUT2D eigenvalue weighted by atomic mass is 127. The molecule has 0 aromatic rings.